The number of hydrogen-bond donors (Lipinski definition) is 1. The number of fused-ring (bicyclic) bond motifs is 1. The van der Waals surface area contributed by atoms with Crippen LogP contribution in [-0.2, 0) is 19.0 Å². The van der Waals surface area contributed by atoms with Crippen molar-refractivity contribution in [1.82, 2.24) is 39.7 Å². The molecule has 10 heteroatoms. The van der Waals surface area contributed by atoms with E-state index in [0.717, 1.165) is 33.9 Å². The van der Waals surface area contributed by atoms with Gasteiger partial charge in [-0.1, -0.05) is 45.0 Å². The molecule has 0 radical (unpaired) electrons. The van der Waals surface area contributed by atoms with Crippen LogP contribution >= 0.6 is 0 Å². The number of nitrogens with one attached hydrogen (secondary N) is 1. The van der Waals surface area contributed by atoms with E-state index >= 15 is 0 Å². The smallest absolute Gasteiger partial charge is 0.309 e. The van der Waals surface area contributed by atoms with E-state index in [9.17, 15) is 4.79 Å². The van der Waals surface area contributed by atoms with Crippen LogP contribution in [0.5, 0.6) is 0 Å². The van der Waals surface area contributed by atoms with Gasteiger partial charge in [-0.3, -0.25) is 13.9 Å². The summed E-state index contributed by atoms with van der Waals surface area (Å²) in [5.41, 5.74) is 4.06. The third-order valence-corrected chi connectivity index (χ3v) is 5.32. The maximum atomic E-state index is 12.4. The van der Waals surface area contributed by atoms with Gasteiger partial charge in [-0.15, -0.1) is 10.2 Å². The molecule has 0 unspecified atom stereocenters. The van der Waals surface area contributed by atoms with Crippen LogP contribution in [0.1, 0.15) is 42.9 Å². The van der Waals surface area contributed by atoms with Crippen LogP contribution in [0.2, 0.25) is 0 Å². The highest BCUT2D eigenvalue weighted by molar-refractivity contribution is 5.89. The Kier molecular flexibility index (Phi) is 5.20. The Balaban J connectivity index is 1.35. The average Bonchev–Trinajstić information content (AvgIpc) is 3.57. The summed E-state index contributed by atoms with van der Waals surface area (Å²) >= 11 is 0. The molecule has 4 heterocycles. The zero-order valence-corrected chi connectivity index (χ0v) is 19.4. The molecule has 0 spiro atoms. The number of aromatic nitrogens is 7. The van der Waals surface area contributed by atoms with Crippen molar-refractivity contribution in [2.75, 3.05) is 0 Å². The van der Waals surface area contributed by atoms with Gasteiger partial charge in [-0.2, -0.15) is 5.10 Å². The van der Waals surface area contributed by atoms with Crippen molar-refractivity contribution < 1.29 is 9.21 Å². The van der Waals surface area contributed by atoms with Crippen molar-refractivity contribution >= 4 is 11.6 Å². The standard InChI is InChI=1S/C24H24N8O2/c1-24(2,3)23-30-29-22(34-23)21(33)26-12-15-5-7-16(8-6-15)20-28-18(17-13-27-31(4)14-17)11-19-25-9-10-32(19)20/h5-11,13-14H,12H2,1-4H3,(H,26,33). The molecule has 0 atom stereocenters. The number of carbonyl (C=O) groups excluding carboxylic acids is 1. The number of imidazole rings is 1. The fraction of sp³-hybridized carbons (Fsp3) is 0.250. The minimum Gasteiger partial charge on any atom is -0.416 e. The Morgan fingerprint density at radius 1 is 1.12 bits per heavy atom. The summed E-state index contributed by atoms with van der Waals surface area (Å²) < 4.78 is 9.19. The summed E-state index contributed by atoms with van der Waals surface area (Å²) in [4.78, 5) is 21.7. The largest absolute Gasteiger partial charge is 0.416 e. The molecular formula is C24H24N8O2. The van der Waals surface area contributed by atoms with Crippen LogP contribution in [-0.4, -0.2) is 40.3 Å². The molecule has 0 aliphatic rings. The average molecular weight is 457 g/mol. The first-order chi connectivity index (χ1) is 16.3. The van der Waals surface area contributed by atoms with Gasteiger partial charge in [0, 0.05) is 54.8 Å². The van der Waals surface area contributed by atoms with Gasteiger partial charge < -0.3 is 9.73 Å². The molecule has 172 valence electrons. The number of carbonyl (C=O) groups is 1. The lowest BCUT2D eigenvalue weighted by atomic mass is 9.97. The molecule has 34 heavy (non-hydrogen) atoms. The number of hydrogen-bond acceptors (Lipinski definition) is 7. The first-order valence-electron chi connectivity index (χ1n) is 10.8. The van der Waals surface area contributed by atoms with Crippen LogP contribution in [0.25, 0.3) is 28.3 Å². The van der Waals surface area contributed by atoms with Crippen LogP contribution < -0.4 is 5.32 Å². The van der Waals surface area contributed by atoms with Crippen LogP contribution in [0.3, 0.4) is 0 Å². The van der Waals surface area contributed by atoms with Crippen LogP contribution in [0.15, 0.2) is 59.5 Å². The second kappa shape index (κ2) is 8.22. The molecule has 0 aliphatic carbocycles. The number of nitrogens with zero attached hydrogens (tertiary/aromatic N) is 7. The lowest BCUT2D eigenvalue weighted by Crippen LogP contribution is -2.23. The molecule has 4 aromatic heterocycles. The summed E-state index contributed by atoms with van der Waals surface area (Å²) in [6.07, 6.45) is 7.34. The second-order valence-corrected chi connectivity index (χ2v) is 9.07. The topological polar surface area (TPSA) is 116 Å². The van der Waals surface area contributed by atoms with Gasteiger partial charge in [0.25, 0.3) is 0 Å². The highest BCUT2D eigenvalue weighted by Crippen LogP contribution is 2.25. The number of benzene rings is 1. The predicted molar refractivity (Wildman–Crippen MR) is 125 cm³/mol. The van der Waals surface area contributed by atoms with E-state index < -0.39 is 5.91 Å². The SMILES string of the molecule is Cn1cc(-c2cc3nccn3c(-c3ccc(CNC(=O)c4nnc(C(C)(C)C)o4)cc3)n2)cn1. The van der Waals surface area contributed by atoms with Crippen molar-refractivity contribution in [3.63, 3.8) is 0 Å². The number of rotatable bonds is 5. The van der Waals surface area contributed by atoms with E-state index in [1.807, 2.05) is 74.9 Å². The lowest BCUT2D eigenvalue weighted by molar-refractivity contribution is 0.0912. The van der Waals surface area contributed by atoms with Gasteiger partial charge in [0.05, 0.1) is 11.9 Å². The van der Waals surface area contributed by atoms with E-state index in [4.69, 9.17) is 9.40 Å². The van der Waals surface area contributed by atoms with Crippen molar-refractivity contribution in [2.45, 2.75) is 32.7 Å². The molecule has 0 aliphatic heterocycles. The minimum atomic E-state index is -0.405. The third kappa shape index (κ3) is 4.17. The van der Waals surface area contributed by atoms with Gasteiger partial charge in [-0.25, -0.2) is 9.97 Å². The number of amides is 1. The Labute approximate surface area is 195 Å². The second-order valence-electron chi connectivity index (χ2n) is 9.07. The highest BCUT2D eigenvalue weighted by atomic mass is 16.4. The van der Waals surface area contributed by atoms with Crippen molar-refractivity contribution in [2.24, 2.45) is 7.05 Å². The molecule has 10 nitrogen and oxygen atoms in total. The van der Waals surface area contributed by atoms with E-state index in [-0.39, 0.29) is 11.3 Å². The van der Waals surface area contributed by atoms with Gasteiger partial charge in [-0.05, 0) is 5.56 Å². The number of aryl methyl sites for hydroxylation is 1. The van der Waals surface area contributed by atoms with Crippen LogP contribution in [0, 0.1) is 0 Å². The molecule has 0 saturated heterocycles. The first kappa shape index (κ1) is 21.5. The first-order valence-corrected chi connectivity index (χ1v) is 10.8. The maximum absolute atomic E-state index is 12.4. The van der Waals surface area contributed by atoms with Gasteiger partial charge >= 0.3 is 11.8 Å². The van der Waals surface area contributed by atoms with Crippen LogP contribution in [0.4, 0.5) is 0 Å². The Bertz CT molecular complexity index is 1470. The molecule has 1 amide bonds. The Morgan fingerprint density at radius 3 is 2.59 bits per heavy atom. The Hall–Kier alpha value is -4.34. The molecule has 1 N–H and O–H groups in total. The van der Waals surface area contributed by atoms with E-state index in [0.29, 0.717) is 12.4 Å². The van der Waals surface area contributed by atoms with Gasteiger partial charge in [0.15, 0.2) is 0 Å². The third-order valence-electron chi connectivity index (χ3n) is 5.32. The van der Waals surface area contributed by atoms with Crippen molar-refractivity contribution in [3.8, 4) is 22.6 Å². The van der Waals surface area contributed by atoms with Gasteiger partial charge in [0.2, 0.25) is 5.89 Å². The summed E-state index contributed by atoms with van der Waals surface area (Å²) in [5.74, 6) is 0.748. The monoisotopic (exact) mass is 456 g/mol. The molecule has 0 bridgehead atoms. The normalized spacial score (nSPS) is 11.8. The quantitative estimate of drug-likeness (QED) is 0.431. The molecule has 5 aromatic rings. The zero-order valence-electron chi connectivity index (χ0n) is 19.4. The maximum Gasteiger partial charge on any atom is 0.309 e. The van der Waals surface area contributed by atoms with Crippen molar-refractivity contribution in [3.05, 3.63) is 72.5 Å². The van der Waals surface area contributed by atoms with Gasteiger partial charge in [0.1, 0.15) is 11.5 Å². The zero-order chi connectivity index (χ0) is 23.9. The minimum absolute atomic E-state index is 0.0412. The molecule has 5 rings (SSSR count). The summed E-state index contributed by atoms with van der Waals surface area (Å²) in [6, 6.07) is 9.78. The Morgan fingerprint density at radius 2 is 1.91 bits per heavy atom. The molecular weight excluding hydrogens is 432 g/mol. The fourth-order valence-corrected chi connectivity index (χ4v) is 3.48. The van der Waals surface area contributed by atoms with E-state index in [2.05, 4.69) is 25.6 Å². The molecule has 0 fully saturated rings. The molecule has 0 saturated carbocycles. The summed E-state index contributed by atoms with van der Waals surface area (Å²) in [5, 5.41) is 14.9. The highest BCUT2D eigenvalue weighted by Gasteiger charge is 2.23. The van der Waals surface area contributed by atoms with Crippen molar-refractivity contribution in [1.29, 1.82) is 0 Å². The van der Waals surface area contributed by atoms with E-state index in [1.54, 1.807) is 17.1 Å². The summed E-state index contributed by atoms with van der Waals surface area (Å²) in [7, 11) is 1.87. The summed E-state index contributed by atoms with van der Waals surface area (Å²) in [6.45, 7) is 6.17. The predicted octanol–water partition coefficient (Wildman–Crippen LogP) is 3.41. The fourth-order valence-electron chi connectivity index (χ4n) is 3.48. The van der Waals surface area contributed by atoms with E-state index in [1.165, 1.54) is 0 Å². The molecule has 1 aromatic carbocycles. The lowest BCUT2D eigenvalue weighted by Gasteiger charge is -2.11.